The summed E-state index contributed by atoms with van der Waals surface area (Å²) >= 11 is 0. The number of amides is 1. The van der Waals surface area contributed by atoms with E-state index in [1.807, 2.05) is 40.9 Å². The molecule has 3 heterocycles. The van der Waals surface area contributed by atoms with Crippen molar-refractivity contribution in [3.05, 3.63) is 54.2 Å². The van der Waals surface area contributed by atoms with Crippen molar-refractivity contribution in [2.75, 3.05) is 39.4 Å². The largest absolute Gasteiger partial charge is 0.379 e. The lowest BCUT2D eigenvalue weighted by molar-refractivity contribution is 0.0374. The van der Waals surface area contributed by atoms with Crippen molar-refractivity contribution in [3.8, 4) is 11.4 Å². The average Bonchev–Trinajstić information content (AvgIpc) is 3.16. The molecule has 1 aliphatic rings. The minimum Gasteiger partial charge on any atom is -0.379 e. The fraction of sp³-hybridized carbons (Fsp3) is 0.350. The zero-order valence-corrected chi connectivity index (χ0v) is 15.2. The number of aromatic nitrogens is 3. The quantitative estimate of drug-likeness (QED) is 0.675. The summed E-state index contributed by atoms with van der Waals surface area (Å²) in [6.45, 7) is 5.19. The van der Waals surface area contributed by atoms with Crippen molar-refractivity contribution < 1.29 is 9.53 Å². The molecule has 27 heavy (non-hydrogen) atoms. The molecule has 7 nitrogen and oxygen atoms in total. The number of pyridine rings is 1. The van der Waals surface area contributed by atoms with Crippen molar-refractivity contribution in [2.24, 2.45) is 0 Å². The highest BCUT2D eigenvalue weighted by molar-refractivity contribution is 5.95. The summed E-state index contributed by atoms with van der Waals surface area (Å²) in [6.07, 6.45) is 2.78. The molecule has 1 amide bonds. The number of carbonyl (C=O) groups is 1. The topological polar surface area (TPSA) is 71.8 Å². The Labute approximate surface area is 158 Å². The predicted octanol–water partition coefficient (Wildman–Crippen LogP) is 1.85. The Morgan fingerprint density at radius 2 is 1.93 bits per heavy atom. The maximum Gasteiger partial charge on any atom is 0.251 e. The highest BCUT2D eigenvalue weighted by Gasteiger charge is 2.12. The molecule has 0 spiro atoms. The molecule has 2 aromatic heterocycles. The zero-order chi connectivity index (χ0) is 18.5. The second-order valence-corrected chi connectivity index (χ2v) is 6.60. The second kappa shape index (κ2) is 8.28. The number of fused-ring (bicyclic) bond motifs is 1. The molecule has 0 aliphatic carbocycles. The summed E-state index contributed by atoms with van der Waals surface area (Å²) in [5.41, 5.74) is 2.25. The van der Waals surface area contributed by atoms with Crippen LogP contribution in [0.2, 0.25) is 0 Å². The van der Waals surface area contributed by atoms with E-state index >= 15 is 0 Å². The fourth-order valence-electron chi connectivity index (χ4n) is 3.25. The maximum absolute atomic E-state index is 12.4. The molecule has 1 fully saturated rings. The molecule has 0 unspecified atom stereocenters. The van der Waals surface area contributed by atoms with Crippen LogP contribution in [0.5, 0.6) is 0 Å². The molecule has 140 valence electrons. The third kappa shape index (κ3) is 4.15. The molecule has 1 aliphatic heterocycles. The smallest absolute Gasteiger partial charge is 0.251 e. The molecule has 4 rings (SSSR count). The fourth-order valence-corrected chi connectivity index (χ4v) is 3.25. The lowest BCUT2D eigenvalue weighted by Crippen LogP contribution is -2.38. The number of hydrogen-bond donors (Lipinski definition) is 1. The van der Waals surface area contributed by atoms with Gasteiger partial charge < -0.3 is 10.1 Å². The Balaban J connectivity index is 1.36. The summed E-state index contributed by atoms with van der Waals surface area (Å²) in [5.74, 6) is 0.687. The van der Waals surface area contributed by atoms with Crippen LogP contribution in [0.3, 0.4) is 0 Å². The molecule has 7 heteroatoms. The number of nitrogens with one attached hydrogen (secondary N) is 1. The molecule has 0 radical (unpaired) electrons. The van der Waals surface area contributed by atoms with Gasteiger partial charge >= 0.3 is 0 Å². The van der Waals surface area contributed by atoms with Crippen LogP contribution in [0, 0.1) is 0 Å². The number of nitrogens with zero attached hydrogens (tertiary/aromatic N) is 4. The van der Waals surface area contributed by atoms with Crippen molar-refractivity contribution in [1.82, 2.24) is 24.8 Å². The van der Waals surface area contributed by atoms with Gasteiger partial charge in [0.25, 0.3) is 5.91 Å². The summed E-state index contributed by atoms with van der Waals surface area (Å²) in [6, 6.07) is 13.5. The standard InChI is InChI=1S/C20H23N5O2/c26-20(21-8-4-9-24-11-13-27-14-12-24)17-7-10-25-18(15-17)22-23-19(25)16-5-2-1-3-6-16/h1-3,5-7,10,15H,4,8-9,11-14H2,(H,21,26). The van der Waals surface area contributed by atoms with E-state index in [2.05, 4.69) is 20.4 Å². The number of morpholine rings is 1. The van der Waals surface area contributed by atoms with Gasteiger partial charge in [-0.3, -0.25) is 14.1 Å². The predicted molar refractivity (Wildman–Crippen MR) is 103 cm³/mol. The van der Waals surface area contributed by atoms with Crippen LogP contribution in [-0.4, -0.2) is 64.8 Å². The summed E-state index contributed by atoms with van der Waals surface area (Å²) in [4.78, 5) is 14.8. The van der Waals surface area contributed by atoms with Gasteiger partial charge in [-0.15, -0.1) is 10.2 Å². The lowest BCUT2D eigenvalue weighted by atomic mass is 10.2. The van der Waals surface area contributed by atoms with Crippen molar-refractivity contribution in [2.45, 2.75) is 6.42 Å². The molecule has 1 aromatic carbocycles. The van der Waals surface area contributed by atoms with Gasteiger partial charge in [-0.2, -0.15) is 0 Å². The van der Waals surface area contributed by atoms with Crippen LogP contribution in [-0.2, 0) is 4.74 Å². The van der Waals surface area contributed by atoms with E-state index < -0.39 is 0 Å². The first-order valence-electron chi connectivity index (χ1n) is 9.30. The maximum atomic E-state index is 12.4. The van der Waals surface area contributed by atoms with E-state index in [1.165, 1.54) is 0 Å². The molecule has 1 saturated heterocycles. The van der Waals surface area contributed by atoms with E-state index in [0.29, 0.717) is 17.8 Å². The Bertz CT molecular complexity index is 903. The zero-order valence-electron chi connectivity index (χ0n) is 15.2. The Morgan fingerprint density at radius 3 is 2.74 bits per heavy atom. The highest BCUT2D eigenvalue weighted by atomic mass is 16.5. The van der Waals surface area contributed by atoms with Crippen LogP contribution in [0.4, 0.5) is 0 Å². The number of benzene rings is 1. The molecule has 0 saturated carbocycles. The van der Waals surface area contributed by atoms with E-state index in [9.17, 15) is 4.79 Å². The summed E-state index contributed by atoms with van der Waals surface area (Å²) in [5, 5.41) is 11.5. The van der Waals surface area contributed by atoms with Gasteiger partial charge in [-0.25, -0.2) is 0 Å². The van der Waals surface area contributed by atoms with Crippen LogP contribution >= 0.6 is 0 Å². The third-order valence-corrected chi connectivity index (χ3v) is 4.74. The molecule has 3 aromatic rings. The van der Waals surface area contributed by atoms with Crippen LogP contribution in [0.25, 0.3) is 17.0 Å². The normalized spacial score (nSPS) is 15.1. The van der Waals surface area contributed by atoms with Crippen molar-refractivity contribution in [3.63, 3.8) is 0 Å². The van der Waals surface area contributed by atoms with Crippen molar-refractivity contribution in [1.29, 1.82) is 0 Å². The first kappa shape index (κ1) is 17.6. The third-order valence-electron chi connectivity index (χ3n) is 4.74. The van der Waals surface area contributed by atoms with E-state index in [0.717, 1.165) is 50.7 Å². The van der Waals surface area contributed by atoms with Gasteiger partial charge in [-0.05, 0) is 25.1 Å². The van der Waals surface area contributed by atoms with Gasteiger partial charge in [-0.1, -0.05) is 30.3 Å². The SMILES string of the molecule is O=C(NCCCN1CCOCC1)c1ccn2c(-c3ccccc3)nnc2c1. The number of hydrogen-bond acceptors (Lipinski definition) is 5. The van der Waals surface area contributed by atoms with Gasteiger partial charge in [0.1, 0.15) is 0 Å². The van der Waals surface area contributed by atoms with E-state index in [4.69, 9.17) is 4.74 Å². The molecular formula is C20H23N5O2. The van der Waals surface area contributed by atoms with Crippen LogP contribution < -0.4 is 5.32 Å². The van der Waals surface area contributed by atoms with Gasteiger partial charge in [0.2, 0.25) is 0 Å². The highest BCUT2D eigenvalue weighted by Crippen LogP contribution is 2.18. The average molecular weight is 365 g/mol. The summed E-state index contributed by atoms with van der Waals surface area (Å²) in [7, 11) is 0. The first-order valence-corrected chi connectivity index (χ1v) is 9.30. The molecule has 0 atom stereocenters. The van der Waals surface area contributed by atoms with Crippen molar-refractivity contribution >= 4 is 11.6 Å². The first-order chi connectivity index (χ1) is 13.3. The Hall–Kier alpha value is -2.77. The van der Waals surface area contributed by atoms with Crippen LogP contribution in [0.1, 0.15) is 16.8 Å². The van der Waals surface area contributed by atoms with Gasteiger partial charge in [0, 0.05) is 37.0 Å². The molecular weight excluding hydrogens is 342 g/mol. The number of ether oxygens (including phenoxy) is 1. The monoisotopic (exact) mass is 365 g/mol. The molecule has 1 N–H and O–H groups in total. The number of carbonyl (C=O) groups excluding carboxylic acids is 1. The van der Waals surface area contributed by atoms with E-state index in [1.54, 1.807) is 12.1 Å². The van der Waals surface area contributed by atoms with E-state index in [-0.39, 0.29) is 5.91 Å². The second-order valence-electron chi connectivity index (χ2n) is 6.60. The number of rotatable bonds is 6. The summed E-state index contributed by atoms with van der Waals surface area (Å²) < 4.78 is 7.24. The van der Waals surface area contributed by atoms with Gasteiger partial charge in [0.05, 0.1) is 13.2 Å². The van der Waals surface area contributed by atoms with Crippen LogP contribution in [0.15, 0.2) is 48.7 Å². The Kier molecular flexibility index (Phi) is 5.41. The minimum absolute atomic E-state index is 0.0799. The lowest BCUT2D eigenvalue weighted by Gasteiger charge is -2.26. The molecule has 0 bridgehead atoms. The van der Waals surface area contributed by atoms with Gasteiger partial charge in [0.15, 0.2) is 11.5 Å². The Morgan fingerprint density at radius 1 is 1.11 bits per heavy atom. The minimum atomic E-state index is -0.0799.